The Balaban J connectivity index is 2.22. The first-order chi connectivity index (χ1) is 13.8. The van der Waals surface area contributed by atoms with Crippen LogP contribution in [-0.2, 0) is 20.7 Å². The summed E-state index contributed by atoms with van der Waals surface area (Å²) in [6.07, 6.45) is 0.164. The van der Waals surface area contributed by atoms with Gasteiger partial charge in [-0.1, -0.05) is 6.07 Å². The van der Waals surface area contributed by atoms with Crippen LogP contribution < -0.4 is 20.1 Å². The van der Waals surface area contributed by atoms with E-state index >= 15 is 0 Å². The highest BCUT2D eigenvalue weighted by Crippen LogP contribution is 2.34. The summed E-state index contributed by atoms with van der Waals surface area (Å²) in [5.74, 6) is -0.852. The molecule has 1 heterocycles. The number of methoxy groups -OCH3 is 2. The number of hydrogen-bond donors (Lipinski definition) is 2. The molecule has 0 aliphatic rings. The molecule has 0 unspecified atom stereocenters. The highest BCUT2D eigenvalue weighted by molar-refractivity contribution is 7.10. The zero-order chi connectivity index (χ0) is 21.4. The first-order valence-corrected chi connectivity index (χ1v) is 9.76. The van der Waals surface area contributed by atoms with Gasteiger partial charge in [-0.25, -0.2) is 4.79 Å². The highest BCUT2D eigenvalue weighted by atomic mass is 32.1. The van der Waals surface area contributed by atoms with Crippen LogP contribution in [0.4, 0.5) is 5.69 Å². The van der Waals surface area contributed by atoms with Gasteiger partial charge in [0.05, 0.1) is 31.9 Å². The van der Waals surface area contributed by atoms with Crippen molar-refractivity contribution in [2.24, 2.45) is 0 Å². The van der Waals surface area contributed by atoms with E-state index < -0.39 is 18.5 Å². The smallest absolute Gasteiger partial charge is 0.340 e. The number of nitrogens with one attached hydrogen (secondary N) is 2. The number of amides is 2. The molecule has 0 radical (unpaired) electrons. The van der Waals surface area contributed by atoms with Crippen LogP contribution in [0.5, 0.6) is 11.5 Å². The van der Waals surface area contributed by atoms with Crippen molar-refractivity contribution < 1.29 is 28.6 Å². The lowest BCUT2D eigenvalue weighted by molar-refractivity contribution is -0.124. The van der Waals surface area contributed by atoms with E-state index in [9.17, 15) is 14.4 Å². The van der Waals surface area contributed by atoms with Crippen molar-refractivity contribution in [1.82, 2.24) is 5.32 Å². The molecule has 1 aromatic heterocycles. The number of carbonyl (C=O) groups is 3. The Bertz CT molecular complexity index is 864. The second-order valence-corrected chi connectivity index (χ2v) is 7.39. The third-order valence-electron chi connectivity index (χ3n) is 3.72. The fourth-order valence-corrected chi connectivity index (χ4v) is 3.19. The van der Waals surface area contributed by atoms with Gasteiger partial charge in [-0.05, 0) is 25.3 Å². The van der Waals surface area contributed by atoms with E-state index in [1.807, 2.05) is 17.5 Å². The second-order valence-electron chi connectivity index (χ2n) is 6.36. The van der Waals surface area contributed by atoms with Crippen LogP contribution in [0.2, 0.25) is 0 Å². The minimum Gasteiger partial charge on any atom is -0.493 e. The minimum atomic E-state index is -0.767. The van der Waals surface area contributed by atoms with Gasteiger partial charge in [0, 0.05) is 23.1 Å². The molecule has 156 valence electrons. The van der Waals surface area contributed by atoms with Crippen LogP contribution in [0.3, 0.4) is 0 Å². The number of benzene rings is 1. The number of rotatable bonds is 9. The van der Waals surface area contributed by atoms with Crippen LogP contribution in [-0.4, -0.2) is 44.7 Å². The molecule has 0 saturated heterocycles. The summed E-state index contributed by atoms with van der Waals surface area (Å²) < 4.78 is 15.6. The molecule has 2 N–H and O–H groups in total. The summed E-state index contributed by atoms with van der Waals surface area (Å²) in [4.78, 5) is 37.6. The highest BCUT2D eigenvalue weighted by Gasteiger charge is 2.21. The topological polar surface area (TPSA) is 103 Å². The normalized spacial score (nSPS) is 10.4. The molecule has 2 amide bonds. The summed E-state index contributed by atoms with van der Waals surface area (Å²) >= 11 is 1.46. The van der Waals surface area contributed by atoms with E-state index in [-0.39, 0.29) is 29.6 Å². The molecule has 0 spiro atoms. The Morgan fingerprint density at radius 1 is 1.07 bits per heavy atom. The van der Waals surface area contributed by atoms with Gasteiger partial charge >= 0.3 is 5.97 Å². The maximum Gasteiger partial charge on any atom is 0.340 e. The Labute approximate surface area is 173 Å². The molecule has 29 heavy (non-hydrogen) atoms. The molecule has 0 aliphatic carbocycles. The van der Waals surface area contributed by atoms with Gasteiger partial charge in [-0.2, -0.15) is 0 Å². The van der Waals surface area contributed by atoms with E-state index in [2.05, 4.69) is 10.6 Å². The molecule has 0 aliphatic heterocycles. The Morgan fingerprint density at radius 3 is 2.34 bits per heavy atom. The van der Waals surface area contributed by atoms with Gasteiger partial charge in [0.2, 0.25) is 5.91 Å². The summed E-state index contributed by atoms with van der Waals surface area (Å²) in [5, 5.41) is 7.22. The summed E-state index contributed by atoms with van der Waals surface area (Å²) in [6.45, 7) is 3.17. The van der Waals surface area contributed by atoms with Crippen LogP contribution in [0.1, 0.15) is 29.1 Å². The monoisotopic (exact) mass is 420 g/mol. The number of carbonyl (C=O) groups excluding carboxylic acids is 3. The van der Waals surface area contributed by atoms with E-state index in [1.165, 1.54) is 37.7 Å². The first-order valence-electron chi connectivity index (χ1n) is 8.88. The molecule has 0 saturated carbocycles. The summed E-state index contributed by atoms with van der Waals surface area (Å²) in [6, 6.07) is 6.52. The molecule has 2 aromatic rings. The van der Waals surface area contributed by atoms with Gasteiger partial charge in [-0.3, -0.25) is 9.59 Å². The van der Waals surface area contributed by atoms with Crippen molar-refractivity contribution in [3.8, 4) is 11.5 Å². The number of anilines is 1. The number of thiophene rings is 1. The molecule has 2 rings (SSSR count). The maximum atomic E-state index is 12.6. The van der Waals surface area contributed by atoms with E-state index in [4.69, 9.17) is 14.2 Å². The largest absolute Gasteiger partial charge is 0.493 e. The minimum absolute atomic E-state index is 0.0551. The molecule has 8 nitrogen and oxygen atoms in total. The standard InChI is InChI=1S/C20H24N2O6S/c1-12(2)21-19(24)11-28-20(25)14-9-16(26-3)17(27-4)10-15(14)22-18(23)8-13-6-5-7-29-13/h5-7,9-10,12H,8,11H2,1-4H3,(H,21,24)(H,22,23). The van der Waals surface area contributed by atoms with Crippen molar-refractivity contribution in [1.29, 1.82) is 0 Å². The molecular formula is C20H24N2O6S. The van der Waals surface area contributed by atoms with E-state index in [0.29, 0.717) is 11.5 Å². The van der Waals surface area contributed by atoms with Gasteiger partial charge in [0.15, 0.2) is 18.1 Å². The first kappa shape index (κ1) is 22.2. The fourth-order valence-electron chi connectivity index (χ4n) is 2.49. The van der Waals surface area contributed by atoms with Gasteiger partial charge < -0.3 is 24.8 Å². The average Bonchev–Trinajstić information content (AvgIpc) is 3.17. The number of ether oxygens (including phenoxy) is 3. The molecule has 1 aromatic carbocycles. The Kier molecular flexibility index (Phi) is 8.02. The third kappa shape index (κ3) is 6.49. The third-order valence-corrected chi connectivity index (χ3v) is 4.59. The van der Waals surface area contributed by atoms with E-state index in [1.54, 1.807) is 13.8 Å². The molecule has 9 heteroatoms. The zero-order valence-electron chi connectivity index (χ0n) is 16.7. The van der Waals surface area contributed by atoms with Crippen LogP contribution >= 0.6 is 11.3 Å². The zero-order valence-corrected chi connectivity index (χ0v) is 17.6. The quantitative estimate of drug-likeness (QED) is 0.605. The molecular weight excluding hydrogens is 396 g/mol. The molecule has 0 fully saturated rings. The van der Waals surface area contributed by atoms with Crippen molar-refractivity contribution in [2.45, 2.75) is 26.3 Å². The lowest BCUT2D eigenvalue weighted by atomic mass is 10.1. The molecule has 0 bridgehead atoms. The lowest BCUT2D eigenvalue weighted by Gasteiger charge is -2.15. The summed E-state index contributed by atoms with van der Waals surface area (Å²) in [7, 11) is 2.88. The number of hydrogen-bond acceptors (Lipinski definition) is 7. The van der Waals surface area contributed by atoms with Crippen molar-refractivity contribution >= 4 is 34.8 Å². The van der Waals surface area contributed by atoms with Crippen LogP contribution in [0.15, 0.2) is 29.6 Å². The Morgan fingerprint density at radius 2 is 1.76 bits per heavy atom. The van der Waals surface area contributed by atoms with Crippen molar-refractivity contribution in [3.05, 3.63) is 40.1 Å². The van der Waals surface area contributed by atoms with Gasteiger partial charge in [0.1, 0.15) is 0 Å². The van der Waals surface area contributed by atoms with Crippen molar-refractivity contribution in [2.75, 3.05) is 26.1 Å². The predicted molar refractivity (Wildman–Crippen MR) is 110 cm³/mol. The van der Waals surface area contributed by atoms with Gasteiger partial charge in [-0.15, -0.1) is 11.3 Å². The maximum absolute atomic E-state index is 12.6. The molecule has 0 atom stereocenters. The number of esters is 1. The van der Waals surface area contributed by atoms with E-state index in [0.717, 1.165) is 4.88 Å². The average molecular weight is 420 g/mol. The van der Waals surface area contributed by atoms with Crippen LogP contribution in [0.25, 0.3) is 0 Å². The lowest BCUT2D eigenvalue weighted by Crippen LogP contribution is -2.34. The second kappa shape index (κ2) is 10.5. The van der Waals surface area contributed by atoms with Crippen molar-refractivity contribution in [3.63, 3.8) is 0 Å². The Hall–Kier alpha value is -3.07. The van der Waals surface area contributed by atoms with Gasteiger partial charge in [0.25, 0.3) is 5.91 Å². The predicted octanol–water partition coefficient (Wildman–Crippen LogP) is 2.63. The SMILES string of the molecule is COc1cc(NC(=O)Cc2cccs2)c(C(=O)OCC(=O)NC(C)C)cc1OC. The fraction of sp³-hybridized carbons (Fsp3) is 0.350. The summed E-state index contributed by atoms with van der Waals surface area (Å²) in [5.41, 5.74) is 0.262. The van der Waals surface area contributed by atoms with Crippen LogP contribution in [0, 0.1) is 0 Å².